The fourth-order valence-electron chi connectivity index (χ4n) is 8.97. The number of aliphatic hydroxyl groups is 1. The average molecular weight is 634 g/mol. The van der Waals surface area contributed by atoms with E-state index in [0.717, 1.165) is 62.3 Å². The zero-order valence-electron chi connectivity index (χ0n) is 27.3. The zero-order chi connectivity index (χ0) is 32.3. The van der Waals surface area contributed by atoms with Gasteiger partial charge < -0.3 is 15.7 Å². The number of nitrogens with one attached hydrogen (secondary N) is 1. The molecule has 2 saturated heterocycles. The molecule has 0 bridgehead atoms. The Kier molecular flexibility index (Phi) is 12.1. The highest BCUT2D eigenvalue weighted by Crippen LogP contribution is 2.50. The van der Waals surface area contributed by atoms with Gasteiger partial charge in [-0.15, -0.1) is 0 Å². The standard InChI is InChI=1S/C30H50F2N5OP.C5H8/c1-4-6-24-29-25(5-2)36(17(3)21-13-20(16-33)22(15-23(21)34)30(31,32)39)12-11-27(29)37(35-24)26-10-9-19(14-28(26)38)18-7-8-18;1-4-5(2)3/h18-29,35,38H,3-15,34,39H2,1-2H3;4H,1-2H2,3H3/t19?,20?,21?,22?,23?,24?,25-,26?,27?,28?,29?;/m0./s1. The first-order valence-electron chi connectivity index (χ1n) is 17.1. The van der Waals surface area contributed by atoms with E-state index in [2.05, 4.69) is 55.0 Å². The molecule has 248 valence electrons. The van der Waals surface area contributed by atoms with Crippen molar-refractivity contribution in [2.75, 3.05) is 6.54 Å². The maximum Gasteiger partial charge on any atom is 0.263 e. The van der Waals surface area contributed by atoms with Crippen molar-refractivity contribution in [1.29, 1.82) is 5.26 Å². The topological polar surface area (TPSA) is 88.5 Å². The number of aliphatic hydroxyl groups excluding tert-OH is 1. The molecule has 0 aromatic heterocycles. The van der Waals surface area contributed by atoms with E-state index in [1.54, 1.807) is 15.3 Å². The van der Waals surface area contributed by atoms with Crippen molar-refractivity contribution in [3.8, 4) is 6.07 Å². The molecule has 3 saturated carbocycles. The van der Waals surface area contributed by atoms with Gasteiger partial charge in [-0.25, -0.2) is 13.8 Å². The molecule has 0 aromatic rings. The molecule has 2 heterocycles. The number of hydrazine groups is 1. The first-order valence-corrected chi connectivity index (χ1v) is 17.7. The second-order valence-corrected chi connectivity index (χ2v) is 15.1. The Morgan fingerprint density at radius 2 is 1.77 bits per heavy atom. The van der Waals surface area contributed by atoms with Gasteiger partial charge in [0.1, 0.15) is 0 Å². The lowest BCUT2D eigenvalue weighted by Gasteiger charge is -2.51. The summed E-state index contributed by atoms with van der Waals surface area (Å²) >= 11 is 0. The summed E-state index contributed by atoms with van der Waals surface area (Å²) in [4.78, 5) is 2.42. The summed E-state index contributed by atoms with van der Waals surface area (Å²) in [6.07, 6.45) is 11.9. The normalized spacial score (nSPS) is 39.4. The lowest BCUT2D eigenvalue weighted by molar-refractivity contribution is -0.0459. The number of fused-ring (bicyclic) bond motifs is 1. The Balaban J connectivity index is 0.000000818. The molecule has 5 fully saturated rings. The van der Waals surface area contributed by atoms with Gasteiger partial charge in [0.15, 0.2) is 0 Å². The maximum atomic E-state index is 14.3. The molecule has 5 aliphatic rings. The van der Waals surface area contributed by atoms with Crippen LogP contribution < -0.4 is 11.2 Å². The molecule has 6 nitrogen and oxygen atoms in total. The molecule has 11 unspecified atom stereocenters. The van der Waals surface area contributed by atoms with Crippen molar-refractivity contribution >= 4 is 9.24 Å². The molecule has 3 aliphatic carbocycles. The fourth-order valence-corrected chi connectivity index (χ4v) is 9.34. The Bertz CT molecular complexity index is 1060. The number of nitrogens with two attached hydrogens (primary N) is 1. The summed E-state index contributed by atoms with van der Waals surface area (Å²) in [6.45, 7) is 18.7. The molecule has 2 aliphatic heterocycles. The van der Waals surface area contributed by atoms with Crippen LogP contribution in [0.1, 0.15) is 91.4 Å². The van der Waals surface area contributed by atoms with Crippen molar-refractivity contribution in [2.24, 2.45) is 41.2 Å². The number of rotatable bonds is 9. The number of hydrogen-bond donors (Lipinski definition) is 3. The average Bonchev–Trinajstić information content (AvgIpc) is 3.78. The van der Waals surface area contributed by atoms with Crippen molar-refractivity contribution in [2.45, 2.75) is 133 Å². The number of piperidine rings is 1. The second-order valence-electron chi connectivity index (χ2n) is 14.4. The van der Waals surface area contributed by atoms with Gasteiger partial charge in [0, 0.05) is 54.2 Å². The van der Waals surface area contributed by atoms with Gasteiger partial charge in [-0.05, 0) is 83.0 Å². The van der Waals surface area contributed by atoms with Crippen LogP contribution in [0.3, 0.4) is 0 Å². The number of halogens is 2. The zero-order valence-corrected chi connectivity index (χ0v) is 28.5. The van der Waals surface area contributed by atoms with Gasteiger partial charge in [-0.3, -0.25) is 5.43 Å². The third-order valence-corrected chi connectivity index (χ3v) is 11.8. The van der Waals surface area contributed by atoms with Crippen LogP contribution in [0.25, 0.3) is 0 Å². The molecule has 0 aromatic carbocycles. The Morgan fingerprint density at radius 3 is 2.30 bits per heavy atom. The van der Waals surface area contributed by atoms with E-state index in [0.29, 0.717) is 30.3 Å². The van der Waals surface area contributed by atoms with E-state index >= 15 is 0 Å². The summed E-state index contributed by atoms with van der Waals surface area (Å²) in [5.41, 5.74) is 9.40. The maximum absolute atomic E-state index is 14.3. The molecule has 0 amide bonds. The van der Waals surface area contributed by atoms with Crippen molar-refractivity contribution < 1.29 is 13.9 Å². The third kappa shape index (κ3) is 7.77. The molecule has 5 rings (SSSR count). The summed E-state index contributed by atoms with van der Waals surface area (Å²) in [5.74, 6) is -0.0150. The Morgan fingerprint density at radius 1 is 1.11 bits per heavy atom. The molecule has 0 radical (unpaired) electrons. The molecular weight excluding hydrogens is 575 g/mol. The van der Waals surface area contributed by atoms with Gasteiger partial charge in [-0.1, -0.05) is 60.9 Å². The quantitative estimate of drug-likeness (QED) is 0.196. The highest BCUT2D eigenvalue weighted by atomic mass is 31.0. The van der Waals surface area contributed by atoms with Gasteiger partial charge in [0.25, 0.3) is 5.66 Å². The molecule has 0 spiro atoms. The second kappa shape index (κ2) is 15.0. The summed E-state index contributed by atoms with van der Waals surface area (Å²) in [7, 11) is 1.63. The van der Waals surface area contributed by atoms with Crippen LogP contribution in [0.2, 0.25) is 0 Å². The van der Waals surface area contributed by atoms with Crippen LogP contribution in [0.15, 0.2) is 37.1 Å². The van der Waals surface area contributed by atoms with E-state index in [4.69, 9.17) is 5.73 Å². The van der Waals surface area contributed by atoms with Crippen LogP contribution in [0.4, 0.5) is 8.78 Å². The largest absolute Gasteiger partial charge is 0.391 e. The molecular formula is C35H58F2N5OP. The SMILES string of the molecule is C=C(C1CC(C#N)C(C(F)(F)P)CC1N)N1CCC2C(C(CCC)NN2C2CCC(C3CC3)CC2O)[C@@H]1CC.C=CC(=C)C. The van der Waals surface area contributed by atoms with Gasteiger partial charge in [0.2, 0.25) is 0 Å². The highest BCUT2D eigenvalue weighted by molar-refractivity contribution is 7.18. The van der Waals surface area contributed by atoms with Crippen molar-refractivity contribution in [1.82, 2.24) is 15.3 Å². The number of nitriles is 1. The molecule has 9 heteroatoms. The van der Waals surface area contributed by atoms with Gasteiger partial charge in [-0.2, -0.15) is 5.26 Å². The van der Waals surface area contributed by atoms with E-state index in [1.165, 1.54) is 19.3 Å². The monoisotopic (exact) mass is 633 g/mol. The van der Waals surface area contributed by atoms with Crippen LogP contribution in [-0.4, -0.2) is 63.5 Å². The molecule has 44 heavy (non-hydrogen) atoms. The molecule has 12 atom stereocenters. The smallest absolute Gasteiger partial charge is 0.263 e. The predicted octanol–water partition coefficient (Wildman–Crippen LogP) is 6.61. The first kappa shape index (κ1) is 35.5. The third-order valence-electron chi connectivity index (χ3n) is 11.4. The number of likely N-dealkylation sites (tertiary alicyclic amines) is 1. The summed E-state index contributed by atoms with van der Waals surface area (Å²) in [6, 6.07) is 2.85. The number of nitrogens with zero attached hydrogens (tertiary/aromatic N) is 3. The van der Waals surface area contributed by atoms with Crippen molar-refractivity contribution in [3.05, 3.63) is 37.1 Å². The van der Waals surface area contributed by atoms with Gasteiger partial charge in [0.05, 0.1) is 24.1 Å². The predicted molar refractivity (Wildman–Crippen MR) is 178 cm³/mol. The fraction of sp³-hybridized carbons (Fsp3) is 0.800. The van der Waals surface area contributed by atoms with E-state index in [1.807, 2.05) is 6.92 Å². The van der Waals surface area contributed by atoms with Crippen LogP contribution in [-0.2, 0) is 0 Å². The van der Waals surface area contributed by atoms with Crippen LogP contribution >= 0.6 is 9.24 Å². The Labute approximate surface area is 267 Å². The lowest BCUT2D eigenvalue weighted by atomic mass is 9.70. The lowest BCUT2D eigenvalue weighted by Crippen LogP contribution is -2.58. The summed E-state index contributed by atoms with van der Waals surface area (Å²) in [5, 5.41) is 23.5. The van der Waals surface area contributed by atoms with E-state index < -0.39 is 23.5 Å². The number of alkyl halides is 2. The summed E-state index contributed by atoms with van der Waals surface area (Å²) < 4.78 is 28.5. The van der Waals surface area contributed by atoms with E-state index in [-0.39, 0.29) is 30.5 Å². The van der Waals surface area contributed by atoms with Gasteiger partial charge >= 0.3 is 0 Å². The minimum atomic E-state index is -3.00. The first-order chi connectivity index (χ1) is 20.9. The Hall–Kier alpha value is -1.36. The van der Waals surface area contributed by atoms with Crippen molar-refractivity contribution in [3.63, 3.8) is 0 Å². The minimum absolute atomic E-state index is 0.129. The van der Waals surface area contributed by atoms with E-state index in [9.17, 15) is 19.1 Å². The minimum Gasteiger partial charge on any atom is -0.391 e. The van der Waals surface area contributed by atoms with Crippen LogP contribution in [0.5, 0.6) is 0 Å². The highest BCUT2D eigenvalue weighted by Gasteiger charge is 2.54. The number of hydrogen-bond acceptors (Lipinski definition) is 6. The van der Waals surface area contributed by atoms with Crippen LogP contribution in [0, 0.1) is 46.8 Å². The number of allylic oxidation sites excluding steroid dienone is 2. The molecule has 4 N–H and O–H groups in total.